The Labute approximate surface area is 191 Å². The zero-order valence-corrected chi connectivity index (χ0v) is 18.0. The quantitative estimate of drug-likeness (QED) is 0.358. The first-order chi connectivity index (χ1) is 16.3. The zero-order valence-electron chi connectivity index (χ0n) is 18.0. The van der Waals surface area contributed by atoms with Gasteiger partial charge in [0.1, 0.15) is 12.1 Å². The first kappa shape index (κ1) is 19.4. The molecule has 0 unspecified atom stereocenters. The maximum Gasteiger partial charge on any atom is 0.229 e. The van der Waals surface area contributed by atoms with Crippen LogP contribution in [0.1, 0.15) is 5.56 Å². The minimum atomic E-state index is 0.259. The molecule has 2 aromatic heterocycles. The van der Waals surface area contributed by atoms with E-state index in [0.29, 0.717) is 13.1 Å². The highest BCUT2D eigenvalue weighted by molar-refractivity contribution is 5.99. The van der Waals surface area contributed by atoms with E-state index in [2.05, 4.69) is 64.6 Å². The van der Waals surface area contributed by atoms with Gasteiger partial charge in [-0.3, -0.25) is 0 Å². The molecule has 6 heteroatoms. The molecule has 0 fully saturated rings. The smallest absolute Gasteiger partial charge is 0.229 e. The van der Waals surface area contributed by atoms with Crippen LogP contribution in [0.5, 0.6) is 0 Å². The Kier molecular flexibility index (Phi) is 4.88. The molecular formula is C27H22N4O2. The molecule has 1 aliphatic heterocycles. The number of benzene rings is 3. The Morgan fingerprint density at radius 2 is 1.70 bits per heavy atom. The predicted molar refractivity (Wildman–Crippen MR) is 129 cm³/mol. The highest BCUT2D eigenvalue weighted by atomic mass is 16.7. The average molecular weight is 434 g/mol. The highest BCUT2D eigenvalue weighted by Gasteiger charge is 2.18. The van der Waals surface area contributed by atoms with Crippen molar-refractivity contribution in [2.75, 3.05) is 18.2 Å². The molecule has 33 heavy (non-hydrogen) atoms. The minimum Gasteiger partial charge on any atom is -0.462 e. The summed E-state index contributed by atoms with van der Waals surface area (Å²) in [6.45, 7) is 1.52. The van der Waals surface area contributed by atoms with Crippen molar-refractivity contribution in [3.8, 4) is 11.1 Å². The normalized spacial score (nSPS) is 13.0. The Balaban J connectivity index is 1.44. The van der Waals surface area contributed by atoms with Crippen LogP contribution in [0, 0.1) is 0 Å². The first-order valence-electron chi connectivity index (χ1n) is 10.9. The molecule has 0 atom stereocenters. The Bertz CT molecular complexity index is 1450. The van der Waals surface area contributed by atoms with Crippen LogP contribution in [-0.4, -0.2) is 27.9 Å². The summed E-state index contributed by atoms with van der Waals surface area (Å²) in [7, 11) is 0. The predicted octanol–water partition coefficient (Wildman–Crippen LogP) is 5.40. The summed E-state index contributed by atoms with van der Waals surface area (Å²) in [5, 5.41) is 6.95. The summed E-state index contributed by atoms with van der Waals surface area (Å²) in [4.78, 5) is 7.25. The summed E-state index contributed by atoms with van der Waals surface area (Å²) >= 11 is 0. The van der Waals surface area contributed by atoms with E-state index in [1.54, 1.807) is 6.26 Å². The van der Waals surface area contributed by atoms with Crippen molar-refractivity contribution < 1.29 is 9.47 Å². The summed E-state index contributed by atoms with van der Waals surface area (Å²) in [6.07, 6.45) is 5.54. The number of fused-ring (bicyclic) bond motifs is 2. The van der Waals surface area contributed by atoms with Gasteiger partial charge >= 0.3 is 0 Å². The fourth-order valence-corrected chi connectivity index (χ4v) is 4.25. The molecule has 6 rings (SSSR count). The largest absolute Gasteiger partial charge is 0.462 e. The van der Waals surface area contributed by atoms with Crippen LogP contribution in [-0.2, 0) is 16.0 Å². The van der Waals surface area contributed by atoms with Crippen molar-refractivity contribution in [1.29, 1.82) is 0 Å². The number of anilines is 1. The van der Waals surface area contributed by atoms with Gasteiger partial charge in [-0.1, -0.05) is 72.8 Å². The van der Waals surface area contributed by atoms with Gasteiger partial charge in [-0.05, 0) is 28.0 Å². The van der Waals surface area contributed by atoms with Gasteiger partial charge in [0.15, 0.2) is 11.4 Å². The molecule has 3 aromatic carbocycles. The van der Waals surface area contributed by atoms with Gasteiger partial charge in [-0.2, -0.15) is 5.10 Å². The molecule has 6 nitrogen and oxygen atoms in total. The van der Waals surface area contributed by atoms with Crippen LogP contribution >= 0.6 is 0 Å². The fraction of sp³-hybridized carbons (Fsp3) is 0.111. The zero-order chi connectivity index (χ0) is 22.0. The summed E-state index contributed by atoms with van der Waals surface area (Å²) in [5.41, 5.74) is 4.14. The second-order valence-corrected chi connectivity index (χ2v) is 7.99. The van der Waals surface area contributed by atoms with Crippen LogP contribution < -0.4 is 4.90 Å². The van der Waals surface area contributed by atoms with Gasteiger partial charge in [0, 0.05) is 18.3 Å². The molecule has 1 aliphatic rings. The molecule has 0 amide bonds. The topological polar surface area (TPSA) is 51.9 Å². The lowest BCUT2D eigenvalue weighted by atomic mass is 10.0. The summed E-state index contributed by atoms with van der Waals surface area (Å²) < 4.78 is 12.7. The molecule has 0 saturated carbocycles. The van der Waals surface area contributed by atoms with Crippen molar-refractivity contribution in [3.05, 3.63) is 109 Å². The van der Waals surface area contributed by atoms with E-state index >= 15 is 0 Å². The molecule has 162 valence electrons. The van der Waals surface area contributed by atoms with Crippen molar-refractivity contribution in [2.24, 2.45) is 0 Å². The number of nitrogens with zero attached hydrogens (tertiary/aromatic N) is 4. The maximum absolute atomic E-state index is 5.61. The van der Waals surface area contributed by atoms with Crippen LogP contribution in [0.15, 0.2) is 103 Å². The van der Waals surface area contributed by atoms with E-state index in [4.69, 9.17) is 14.5 Å². The number of aromatic nitrogens is 3. The molecule has 0 radical (unpaired) electrons. The Morgan fingerprint density at radius 1 is 0.848 bits per heavy atom. The van der Waals surface area contributed by atoms with Crippen LogP contribution in [0.3, 0.4) is 0 Å². The monoisotopic (exact) mass is 434 g/mol. The average Bonchev–Trinajstić information content (AvgIpc) is 3.53. The second kappa shape index (κ2) is 8.31. The number of hydrogen-bond donors (Lipinski definition) is 0. The number of rotatable bonds is 6. The van der Waals surface area contributed by atoms with Crippen LogP contribution in [0.4, 0.5) is 5.82 Å². The van der Waals surface area contributed by atoms with E-state index in [0.717, 1.165) is 28.4 Å². The van der Waals surface area contributed by atoms with Crippen molar-refractivity contribution in [1.82, 2.24) is 14.6 Å². The molecule has 5 aromatic rings. The minimum absolute atomic E-state index is 0.259. The lowest BCUT2D eigenvalue weighted by Crippen LogP contribution is -2.26. The third kappa shape index (κ3) is 3.76. The van der Waals surface area contributed by atoms with Crippen molar-refractivity contribution in [2.45, 2.75) is 6.54 Å². The SMILES string of the molecule is C1=C(CN(Cc2ccccc2)c2ccn3ncc(-c4cccc5ccccc45)c3n2)OCO1. The lowest BCUT2D eigenvalue weighted by molar-refractivity contribution is 0.0797. The molecular weight excluding hydrogens is 412 g/mol. The van der Waals surface area contributed by atoms with E-state index in [1.165, 1.54) is 16.3 Å². The highest BCUT2D eigenvalue weighted by Crippen LogP contribution is 2.31. The number of hydrogen-bond acceptors (Lipinski definition) is 5. The van der Waals surface area contributed by atoms with Crippen LogP contribution in [0.2, 0.25) is 0 Å². The lowest BCUT2D eigenvalue weighted by Gasteiger charge is -2.24. The van der Waals surface area contributed by atoms with Gasteiger partial charge < -0.3 is 14.4 Å². The Morgan fingerprint density at radius 3 is 2.58 bits per heavy atom. The fourth-order valence-electron chi connectivity index (χ4n) is 4.25. The number of ether oxygens (including phenoxy) is 2. The second-order valence-electron chi connectivity index (χ2n) is 7.99. The molecule has 0 spiro atoms. The molecule has 0 N–H and O–H groups in total. The first-order valence-corrected chi connectivity index (χ1v) is 10.9. The van der Waals surface area contributed by atoms with E-state index < -0.39 is 0 Å². The maximum atomic E-state index is 5.61. The van der Waals surface area contributed by atoms with Gasteiger partial charge in [0.05, 0.1) is 12.7 Å². The Hall–Kier alpha value is -4.32. The van der Waals surface area contributed by atoms with Gasteiger partial charge in [-0.15, -0.1) is 0 Å². The van der Waals surface area contributed by atoms with Gasteiger partial charge in [0.2, 0.25) is 6.79 Å². The molecule has 0 saturated heterocycles. The van der Waals surface area contributed by atoms with E-state index in [9.17, 15) is 0 Å². The third-order valence-electron chi connectivity index (χ3n) is 5.85. The van der Waals surface area contributed by atoms with Crippen LogP contribution in [0.25, 0.3) is 27.5 Å². The molecule has 0 aliphatic carbocycles. The van der Waals surface area contributed by atoms with Crippen molar-refractivity contribution in [3.63, 3.8) is 0 Å². The van der Waals surface area contributed by atoms with Crippen molar-refractivity contribution >= 4 is 22.2 Å². The van der Waals surface area contributed by atoms with E-state index in [-0.39, 0.29) is 6.79 Å². The summed E-state index contributed by atoms with van der Waals surface area (Å²) in [6, 6.07) is 27.1. The van der Waals surface area contributed by atoms with Gasteiger partial charge in [0.25, 0.3) is 0 Å². The molecule has 0 bridgehead atoms. The summed E-state index contributed by atoms with van der Waals surface area (Å²) in [5.74, 6) is 1.64. The van der Waals surface area contributed by atoms with Gasteiger partial charge in [-0.25, -0.2) is 9.50 Å². The van der Waals surface area contributed by atoms with E-state index in [1.807, 2.05) is 41.2 Å². The molecule has 3 heterocycles. The standard InChI is InChI=1S/C27H22N4O2/c1-2-7-20(8-3-1)16-30(17-22-18-32-19-33-22)26-13-14-31-27(29-26)25(15-28-31)24-12-6-10-21-9-4-5-11-23(21)24/h1-15,18H,16-17,19H2. The third-order valence-corrected chi connectivity index (χ3v) is 5.85.